The number of anilines is 1. The van der Waals surface area contributed by atoms with Crippen LogP contribution in [-0.2, 0) is 28.6 Å². The van der Waals surface area contributed by atoms with E-state index in [0.29, 0.717) is 50.6 Å². The van der Waals surface area contributed by atoms with Crippen LogP contribution in [0.1, 0.15) is 90.6 Å². The number of carbonyl (C=O) groups excluding carboxylic acids is 4. The summed E-state index contributed by atoms with van der Waals surface area (Å²) in [5, 5.41) is 53.8. The van der Waals surface area contributed by atoms with Gasteiger partial charge >= 0.3 is 11.8 Å². The highest BCUT2D eigenvalue weighted by molar-refractivity contribution is 6.21. The van der Waals surface area contributed by atoms with Crippen molar-refractivity contribution in [2.75, 3.05) is 59.2 Å². The van der Waals surface area contributed by atoms with E-state index in [-0.39, 0.29) is 43.9 Å². The van der Waals surface area contributed by atoms with E-state index in [0.717, 1.165) is 6.54 Å². The molecule has 18 nitrogen and oxygen atoms in total. The van der Waals surface area contributed by atoms with E-state index in [9.17, 15) is 39.6 Å². The topological polar surface area (TPSA) is 241 Å². The summed E-state index contributed by atoms with van der Waals surface area (Å²) < 4.78 is 24.4. The van der Waals surface area contributed by atoms with Crippen molar-refractivity contribution in [1.29, 1.82) is 0 Å². The van der Waals surface area contributed by atoms with Gasteiger partial charge in [0, 0.05) is 99.8 Å². The van der Waals surface area contributed by atoms with Crippen LogP contribution in [0.5, 0.6) is 17.2 Å². The average molecular weight is 961 g/mol. The zero-order valence-corrected chi connectivity index (χ0v) is 42.1. The number of likely N-dealkylation sites (tertiary alicyclic amines) is 1. The summed E-state index contributed by atoms with van der Waals surface area (Å²) in [4.78, 5) is 68.8. The van der Waals surface area contributed by atoms with Crippen molar-refractivity contribution in [3.05, 3.63) is 58.0 Å². The minimum absolute atomic E-state index is 0.0240. The molecule has 0 saturated carbocycles. The lowest BCUT2D eigenvalue weighted by Crippen LogP contribution is -2.47. The number of nitrogens with one attached hydrogen (secondary N) is 2. The number of Topliss-reactive ketones (excluding diaryl/α,β-unsaturated/α-hetero) is 1. The zero-order chi connectivity index (χ0) is 50.9. The van der Waals surface area contributed by atoms with E-state index in [1.165, 1.54) is 32.4 Å². The van der Waals surface area contributed by atoms with Crippen molar-refractivity contribution in [1.82, 2.24) is 15.1 Å². The van der Waals surface area contributed by atoms with Gasteiger partial charge in [-0.25, -0.2) is 4.99 Å². The van der Waals surface area contributed by atoms with Crippen molar-refractivity contribution >= 4 is 40.0 Å². The number of hydrogen-bond donors (Lipinski definition) is 6. The summed E-state index contributed by atoms with van der Waals surface area (Å²) in [6.07, 6.45) is 3.80. The number of piperidine rings is 1. The molecule has 1 saturated heterocycles. The number of amides is 2. The number of aliphatic hydroxyl groups excluding tert-OH is 2. The normalized spacial score (nSPS) is 30.2. The molecular weight excluding hydrogens is 889 g/mol. The number of methoxy groups -OCH3 is 1. The maximum Gasteiger partial charge on any atom is 0.315 e. The zero-order valence-electron chi connectivity index (χ0n) is 42.1. The second-order valence-corrected chi connectivity index (χ2v) is 20.2. The van der Waals surface area contributed by atoms with Crippen LogP contribution in [0.25, 0.3) is 10.8 Å². The van der Waals surface area contributed by atoms with Crippen molar-refractivity contribution < 1.29 is 58.6 Å². The number of ether oxygens (including phenoxy) is 4. The number of benzene rings is 2. The molecule has 0 unspecified atom stereocenters. The highest BCUT2D eigenvalue weighted by atomic mass is 16.7. The summed E-state index contributed by atoms with van der Waals surface area (Å²) >= 11 is 0. The third-order valence-electron chi connectivity index (χ3n) is 14.1. The molecular formula is C51H72N6O12. The Balaban J connectivity index is 1.47. The number of allylic oxidation sites excluding steroid dienone is 2. The molecule has 1 spiro atoms. The predicted octanol–water partition coefficient (Wildman–Crippen LogP) is 3.80. The number of nitrogens with zero attached hydrogens (tertiary/aromatic N) is 4. The minimum atomic E-state index is -2.01. The van der Waals surface area contributed by atoms with Gasteiger partial charge in [0.05, 0.1) is 41.2 Å². The van der Waals surface area contributed by atoms with Crippen LogP contribution in [0, 0.1) is 36.5 Å². The van der Waals surface area contributed by atoms with Gasteiger partial charge in [0.15, 0.2) is 5.75 Å². The fourth-order valence-electron chi connectivity index (χ4n) is 9.85. The molecule has 1 fully saturated rings. The Hall–Kier alpha value is -5.40. The Morgan fingerprint density at radius 1 is 0.986 bits per heavy atom. The molecule has 4 aliphatic heterocycles. The quantitative estimate of drug-likeness (QED) is 0.119. The highest BCUT2D eigenvalue weighted by Crippen LogP contribution is 2.51. The molecule has 4 heterocycles. The van der Waals surface area contributed by atoms with Gasteiger partial charge in [0.25, 0.3) is 11.7 Å². The average Bonchev–Trinajstić information content (AvgIpc) is 3.79. The summed E-state index contributed by atoms with van der Waals surface area (Å²) in [6.45, 7) is 18.9. The first-order valence-corrected chi connectivity index (χ1v) is 23.9. The summed E-state index contributed by atoms with van der Waals surface area (Å²) in [6, 6.07) is 0. The Bertz CT molecular complexity index is 2530. The van der Waals surface area contributed by atoms with Crippen LogP contribution in [0.3, 0.4) is 0 Å². The smallest absolute Gasteiger partial charge is 0.315 e. The van der Waals surface area contributed by atoms with Crippen molar-refractivity contribution in [3.63, 3.8) is 0 Å². The first kappa shape index (κ1) is 53.0. The van der Waals surface area contributed by atoms with Gasteiger partial charge in [0.2, 0.25) is 5.91 Å². The first-order valence-electron chi connectivity index (χ1n) is 23.9. The second kappa shape index (κ2) is 21.3. The molecule has 0 aromatic heterocycles. The number of esters is 1. The second-order valence-electron chi connectivity index (χ2n) is 20.2. The van der Waals surface area contributed by atoms with Gasteiger partial charge in [-0.1, -0.05) is 59.8 Å². The van der Waals surface area contributed by atoms with Gasteiger partial charge in [0.1, 0.15) is 40.4 Å². The number of fused-ring (bicyclic) bond motifs is 1. The minimum Gasteiger partial charge on any atom is -0.507 e. The first-order chi connectivity index (χ1) is 32.4. The van der Waals surface area contributed by atoms with E-state index in [1.54, 1.807) is 53.7 Å². The Morgan fingerprint density at radius 3 is 2.30 bits per heavy atom. The van der Waals surface area contributed by atoms with Crippen molar-refractivity contribution in [2.45, 2.75) is 117 Å². The summed E-state index contributed by atoms with van der Waals surface area (Å²) in [5.74, 6) is -8.04. The largest absolute Gasteiger partial charge is 0.507 e. The predicted molar refractivity (Wildman–Crippen MR) is 258 cm³/mol. The van der Waals surface area contributed by atoms with E-state index in [2.05, 4.69) is 34.4 Å². The van der Waals surface area contributed by atoms with Gasteiger partial charge < -0.3 is 59.8 Å². The van der Waals surface area contributed by atoms with Crippen LogP contribution in [0.2, 0.25) is 0 Å². The van der Waals surface area contributed by atoms with Gasteiger partial charge in [-0.3, -0.25) is 24.2 Å². The molecule has 2 aromatic rings. The standard InChI is InChI=1S/C51H72N6O12/c1-26(2)25-57-20-17-51(18-21-57)54-39-36-37-44(62)32(8)47-38(36)48(64)50(9,69-47)67-23-16-33(66-12)29(5)46(68-35(59)24-34(58)52-19-22-56(10)11)31(7)43(61)30(6)42(60)27(3)14-13-15-28(4)49(65)53-41(45(37)63)40(39)55-51/h13-16,23,26-27,29-31,33,42-43,46,54,60-63H,17-22,24-25H2,1-12H3,(H,52,58)/b14-13+,23-16+,28-15-,53-41?/t27-,29+,30+,31+,33-,42-,43+,46+,50-/m0/s1. The molecule has 4 aliphatic rings. The third kappa shape index (κ3) is 11.0. The van der Waals surface area contributed by atoms with Crippen LogP contribution in [0.4, 0.5) is 5.69 Å². The van der Waals surface area contributed by atoms with Crippen LogP contribution >= 0.6 is 0 Å². The third-order valence-corrected chi connectivity index (χ3v) is 14.1. The lowest BCUT2D eigenvalue weighted by Gasteiger charge is -2.38. The molecule has 6 rings (SSSR count). The van der Waals surface area contributed by atoms with Crippen LogP contribution in [0.15, 0.2) is 46.1 Å². The fourth-order valence-corrected chi connectivity index (χ4v) is 9.85. The van der Waals surface area contributed by atoms with Crippen molar-refractivity contribution in [3.8, 4) is 17.2 Å². The van der Waals surface area contributed by atoms with E-state index in [1.807, 2.05) is 19.0 Å². The van der Waals surface area contributed by atoms with Gasteiger partial charge in [-0.15, -0.1) is 0 Å². The number of ketones is 1. The number of aliphatic hydroxyl groups is 2. The molecule has 2 amide bonds. The van der Waals surface area contributed by atoms with Gasteiger partial charge in [-0.05, 0) is 39.9 Å². The number of aromatic hydroxyl groups is 2. The molecule has 2 aromatic carbocycles. The number of likely N-dealkylation sites (N-methyl/N-ethyl adjacent to an activating group) is 1. The monoisotopic (exact) mass is 961 g/mol. The van der Waals surface area contributed by atoms with Crippen molar-refractivity contribution in [2.24, 2.45) is 39.6 Å². The number of hydrogen-bond acceptors (Lipinski definition) is 16. The molecule has 378 valence electrons. The van der Waals surface area contributed by atoms with Gasteiger partial charge in [-0.2, -0.15) is 0 Å². The summed E-state index contributed by atoms with van der Waals surface area (Å²) in [5.41, 5.74) is -0.243. The molecule has 0 radical (unpaired) electrons. The van der Waals surface area contributed by atoms with E-state index >= 15 is 0 Å². The fraction of sp³-hybridized carbons (Fsp3) is 0.608. The number of phenols is 2. The van der Waals surface area contributed by atoms with E-state index < -0.39 is 101 Å². The summed E-state index contributed by atoms with van der Waals surface area (Å²) in [7, 11) is 5.14. The number of rotatable bonds is 9. The molecule has 18 heteroatoms. The SMILES string of the molecule is CO[C@H]1/C=C/O[C@@]2(C)Oc3c(C)c(O)c4c(O)c(c5c(c4c3C2=O)NC2(CCN(CC(C)C)CC2)N=5)=NC(=O)/C(C)=C\C=C\[C@H](C)[C@H](O)[C@@H](C)[C@@H](O)[C@@H](C)[C@H](OC(=O)CC(=O)NCCN(C)C)[C@@H]1C. The Labute approximate surface area is 404 Å². The Kier molecular flexibility index (Phi) is 16.3. The van der Waals surface area contributed by atoms with Crippen LogP contribution in [-0.4, -0.2) is 144 Å². The lowest BCUT2D eigenvalue weighted by molar-refractivity contribution is -0.164. The number of phenolic OH excluding ortho intramolecular Hbond substituents is 2. The maximum absolute atomic E-state index is 14.9. The van der Waals surface area contributed by atoms with E-state index in [4.69, 9.17) is 23.9 Å². The highest BCUT2D eigenvalue weighted by Gasteiger charge is 2.51. The Morgan fingerprint density at radius 2 is 1.67 bits per heavy atom. The molecule has 4 bridgehead atoms. The maximum atomic E-state index is 14.9. The molecule has 69 heavy (non-hydrogen) atoms. The number of carbonyl (C=O) groups is 4. The molecule has 0 aliphatic carbocycles. The lowest BCUT2D eigenvalue weighted by atomic mass is 9.78. The van der Waals surface area contributed by atoms with Crippen LogP contribution < -0.4 is 26.1 Å². The molecule has 6 N–H and O–H groups in total. The molecule has 9 atom stereocenters.